The number of aliphatic hydroxyl groups is 1. The van der Waals surface area contributed by atoms with Crippen molar-refractivity contribution in [2.45, 2.75) is 406 Å². The van der Waals surface area contributed by atoms with Crippen molar-refractivity contribution in [3.63, 3.8) is 0 Å². The van der Waals surface area contributed by atoms with Crippen molar-refractivity contribution in [2.75, 3.05) is 39.6 Å². The highest BCUT2D eigenvalue weighted by molar-refractivity contribution is 7.47. The van der Waals surface area contributed by atoms with Crippen molar-refractivity contribution in [1.82, 2.24) is 0 Å². The Morgan fingerprint density at radius 2 is 0.490 bits per heavy atom. The lowest BCUT2D eigenvalue weighted by Crippen LogP contribution is -2.30. The van der Waals surface area contributed by atoms with Crippen LogP contribution in [-0.4, -0.2) is 96.7 Å². The molecule has 17 nitrogen and oxygen atoms in total. The first-order chi connectivity index (χ1) is 48.7. The van der Waals surface area contributed by atoms with E-state index in [1.165, 1.54) is 154 Å². The fourth-order valence-corrected chi connectivity index (χ4v) is 13.1. The van der Waals surface area contributed by atoms with Crippen molar-refractivity contribution in [3.8, 4) is 0 Å². The summed E-state index contributed by atoms with van der Waals surface area (Å²) in [6.45, 7) is 4.89. The summed E-state index contributed by atoms with van der Waals surface area (Å²) in [6.07, 6.45) is 72.2. The summed E-state index contributed by atoms with van der Waals surface area (Å²) in [7, 11) is -9.94. The number of allylic oxidation sites excluding steroid dienone is 8. The quantitative estimate of drug-likeness (QED) is 0.0169. The SMILES string of the molecule is CCCCC/C=C\C/C=C\CCCCCCCC(=O)OC[C@H](COP(=O)(O)OC[C@@H](O)COP(=O)(O)OC[C@@H](COC(=O)CCCCCCCCCCCCCCCCC)OC(=O)CCCCCCCCC/C=C\CCCCCC)OC(=O)CCCCCCC/C=C\CCCCCCCC. The Balaban J connectivity index is 5.33. The predicted molar refractivity (Wildman–Crippen MR) is 409 cm³/mol. The smallest absolute Gasteiger partial charge is 0.462 e. The fraction of sp³-hybridized carbons (Fsp3) is 0.852. The molecule has 0 radical (unpaired) electrons. The molecule has 0 aliphatic carbocycles. The first-order valence-corrected chi connectivity index (χ1v) is 43.9. The zero-order valence-corrected chi connectivity index (χ0v) is 65.9. The van der Waals surface area contributed by atoms with E-state index >= 15 is 0 Å². The van der Waals surface area contributed by atoms with E-state index < -0.39 is 97.5 Å². The van der Waals surface area contributed by atoms with Gasteiger partial charge in [0.25, 0.3) is 0 Å². The van der Waals surface area contributed by atoms with E-state index in [0.29, 0.717) is 25.7 Å². The Bertz CT molecular complexity index is 2080. The molecule has 19 heteroatoms. The van der Waals surface area contributed by atoms with Crippen LogP contribution in [0.2, 0.25) is 0 Å². The number of hydrogen-bond acceptors (Lipinski definition) is 15. The Morgan fingerprint density at radius 1 is 0.280 bits per heavy atom. The molecule has 0 heterocycles. The third-order valence-electron chi connectivity index (χ3n) is 17.8. The zero-order chi connectivity index (χ0) is 73.2. The fourth-order valence-electron chi connectivity index (χ4n) is 11.5. The number of aliphatic hydroxyl groups excluding tert-OH is 1. The van der Waals surface area contributed by atoms with E-state index in [4.69, 9.17) is 37.0 Å². The molecule has 3 N–H and O–H groups in total. The van der Waals surface area contributed by atoms with Crippen LogP contribution in [0.15, 0.2) is 48.6 Å². The van der Waals surface area contributed by atoms with Crippen LogP contribution in [0.3, 0.4) is 0 Å². The summed E-state index contributed by atoms with van der Waals surface area (Å²) in [6, 6.07) is 0. The molecule has 0 aromatic heterocycles. The largest absolute Gasteiger partial charge is 0.472 e. The summed E-state index contributed by atoms with van der Waals surface area (Å²) in [4.78, 5) is 73.0. The maximum atomic E-state index is 13.1. The molecule has 0 fully saturated rings. The molecule has 0 saturated heterocycles. The molecule has 5 atom stereocenters. The average Bonchev–Trinajstić information content (AvgIpc) is 1.01. The first kappa shape index (κ1) is 97.0. The van der Waals surface area contributed by atoms with E-state index in [1.807, 2.05) is 0 Å². The average molecular weight is 1460 g/mol. The Kier molecular flexibility index (Phi) is 72.1. The van der Waals surface area contributed by atoms with Crippen molar-refractivity contribution >= 4 is 39.5 Å². The van der Waals surface area contributed by atoms with Crippen LogP contribution in [-0.2, 0) is 65.4 Å². The van der Waals surface area contributed by atoms with Gasteiger partial charge in [0.1, 0.15) is 19.3 Å². The minimum Gasteiger partial charge on any atom is -0.462 e. The number of carbonyl (C=O) groups is 4. The molecule has 0 amide bonds. The second kappa shape index (κ2) is 74.3. The highest BCUT2D eigenvalue weighted by atomic mass is 31.2. The maximum Gasteiger partial charge on any atom is 0.472 e. The van der Waals surface area contributed by atoms with Gasteiger partial charge in [0.2, 0.25) is 0 Å². The van der Waals surface area contributed by atoms with Gasteiger partial charge in [0.05, 0.1) is 26.4 Å². The summed E-state index contributed by atoms with van der Waals surface area (Å²) in [5.74, 6) is -2.16. The number of unbranched alkanes of at least 4 members (excludes halogenated alkanes) is 44. The van der Waals surface area contributed by atoms with Crippen LogP contribution in [0.5, 0.6) is 0 Å². The maximum absolute atomic E-state index is 13.1. The lowest BCUT2D eigenvalue weighted by molar-refractivity contribution is -0.161. The molecule has 0 spiro atoms. The molecule has 0 aromatic rings. The number of hydrogen-bond donors (Lipinski definition) is 3. The summed E-state index contributed by atoms with van der Waals surface area (Å²) in [5.41, 5.74) is 0. The van der Waals surface area contributed by atoms with Crippen molar-refractivity contribution in [2.24, 2.45) is 0 Å². The molecule has 0 aliphatic rings. The molecule has 0 rings (SSSR count). The van der Waals surface area contributed by atoms with Crippen molar-refractivity contribution in [1.29, 1.82) is 0 Å². The Labute approximate surface area is 610 Å². The molecule has 2 unspecified atom stereocenters. The monoisotopic (exact) mass is 1460 g/mol. The number of esters is 4. The number of phosphoric ester groups is 2. The van der Waals surface area contributed by atoms with Crippen LogP contribution in [0.4, 0.5) is 0 Å². The van der Waals surface area contributed by atoms with Crippen molar-refractivity contribution in [3.05, 3.63) is 48.6 Å². The van der Waals surface area contributed by atoms with E-state index in [-0.39, 0.29) is 25.7 Å². The minimum atomic E-state index is -4.97. The normalized spacial score (nSPS) is 14.1. The van der Waals surface area contributed by atoms with Crippen molar-refractivity contribution < 1.29 is 80.2 Å². The van der Waals surface area contributed by atoms with Gasteiger partial charge in [-0.15, -0.1) is 0 Å². The number of phosphoric acid groups is 2. The number of carbonyl (C=O) groups excluding carboxylic acids is 4. The van der Waals surface area contributed by atoms with Gasteiger partial charge in [-0.2, -0.15) is 0 Å². The molecule has 0 aromatic carbocycles. The lowest BCUT2D eigenvalue weighted by atomic mass is 10.0. The standard InChI is InChI=1S/C81H150O17P2/c1-5-9-13-17-21-25-29-33-37-41-45-49-53-57-61-65-78(83)91-71-76(97-80(85)67-63-59-55-51-47-43-39-35-31-27-23-19-15-11-7-3)73-95-99(87,88)93-69-75(82)70-94-100(89,90)96-74-77(98-81(86)68-64-60-56-52-48-44-40-36-32-28-24-20-16-12-8-4)72-92-79(84)66-62-58-54-50-46-42-38-34-30-26-22-18-14-10-6-2/h21,25,28,32-33,35,37,39,75-77,82H,5-20,22-24,26-27,29-31,34,36,38,40-74H2,1-4H3,(H,87,88)(H,89,90)/b25-21-,32-28-,37-33-,39-35-/t75-,76-,77-/m1/s1. The molecule has 586 valence electrons. The second-order valence-electron chi connectivity index (χ2n) is 27.7. The summed E-state index contributed by atoms with van der Waals surface area (Å²) < 4.78 is 68.7. The van der Waals surface area contributed by atoms with E-state index in [2.05, 4.69) is 76.3 Å². The van der Waals surface area contributed by atoms with Gasteiger partial charge in [-0.1, -0.05) is 301 Å². The first-order valence-electron chi connectivity index (χ1n) is 40.9. The third-order valence-corrected chi connectivity index (χ3v) is 19.7. The van der Waals surface area contributed by atoms with Gasteiger partial charge in [-0.25, -0.2) is 9.13 Å². The van der Waals surface area contributed by atoms with E-state index in [0.717, 1.165) is 154 Å². The molecule has 0 aliphatic heterocycles. The number of ether oxygens (including phenoxy) is 4. The lowest BCUT2D eigenvalue weighted by Gasteiger charge is -2.21. The third kappa shape index (κ3) is 73.3. The molecular formula is C81H150O17P2. The summed E-state index contributed by atoms with van der Waals surface area (Å²) in [5, 5.41) is 10.6. The topological polar surface area (TPSA) is 237 Å². The predicted octanol–water partition coefficient (Wildman–Crippen LogP) is 23.7. The van der Waals surface area contributed by atoms with Gasteiger partial charge >= 0.3 is 39.5 Å². The minimum absolute atomic E-state index is 0.0870. The molecular weight excluding hydrogens is 1310 g/mol. The van der Waals surface area contributed by atoms with Crippen LogP contribution < -0.4 is 0 Å². The Hall–Kier alpha value is -2.98. The van der Waals surface area contributed by atoms with Gasteiger partial charge in [-0.3, -0.25) is 37.3 Å². The highest BCUT2D eigenvalue weighted by Crippen LogP contribution is 2.45. The van der Waals surface area contributed by atoms with Gasteiger partial charge in [-0.05, 0) is 109 Å². The van der Waals surface area contributed by atoms with Gasteiger partial charge in [0, 0.05) is 25.7 Å². The molecule has 0 saturated carbocycles. The highest BCUT2D eigenvalue weighted by Gasteiger charge is 2.30. The van der Waals surface area contributed by atoms with Gasteiger partial charge < -0.3 is 33.8 Å². The number of rotatable bonds is 78. The zero-order valence-electron chi connectivity index (χ0n) is 64.1. The second-order valence-corrected chi connectivity index (χ2v) is 30.6. The van der Waals surface area contributed by atoms with Gasteiger partial charge in [0.15, 0.2) is 12.2 Å². The van der Waals surface area contributed by atoms with E-state index in [9.17, 15) is 43.2 Å². The molecule has 100 heavy (non-hydrogen) atoms. The van der Waals surface area contributed by atoms with Crippen LogP contribution in [0, 0.1) is 0 Å². The van der Waals surface area contributed by atoms with Crippen LogP contribution in [0.1, 0.15) is 387 Å². The molecule has 0 bridgehead atoms. The Morgan fingerprint density at radius 3 is 0.780 bits per heavy atom. The van der Waals surface area contributed by atoms with Crippen LogP contribution >= 0.6 is 15.6 Å². The summed E-state index contributed by atoms with van der Waals surface area (Å²) >= 11 is 0. The van der Waals surface area contributed by atoms with Crippen LogP contribution in [0.25, 0.3) is 0 Å². The van der Waals surface area contributed by atoms with E-state index in [1.54, 1.807) is 0 Å².